The third kappa shape index (κ3) is 4.75. The van der Waals surface area contributed by atoms with Gasteiger partial charge in [0.25, 0.3) is 5.91 Å². The number of hydrogen-bond donors (Lipinski definition) is 1. The first-order valence-corrected chi connectivity index (χ1v) is 8.58. The monoisotopic (exact) mass is 347 g/mol. The van der Waals surface area contributed by atoms with E-state index in [9.17, 15) is 9.59 Å². The molecule has 1 atom stereocenters. The summed E-state index contributed by atoms with van der Waals surface area (Å²) < 4.78 is 16.1. The Labute approximate surface area is 147 Å². The minimum Gasteiger partial charge on any atom is -0.494 e. The van der Waals surface area contributed by atoms with Gasteiger partial charge in [0.05, 0.1) is 6.61 Å². The molecule has 0 fully saturated rings. The van der Waals surface area contributed by atoms with E-state index in [-0.39, 0.29) is 24.3 Å². The normalized spacial score (nSPS) is 12.0. The molecular formula is C19H25NO5. The van der Waals surface area contributed by atoms with Gasteiger partial charge in [0.2, 0.25) is 5.76 Å². The number of rotatable bonds is 8. The minimum atomic E-state index is -0.648. The van der Waals surface area contributed by atoms with Crippen molar-refractivity contribution in [3.05, 3.63) is 29.5 Å². The van der Waals surface area contributed by atoms with Gasteiger partial charge in [0, 0.05) is 17.0 Å². The molecule has 6 nitrogen and oxygen atoms in total. The van der Waals surface area contributed by atoms with E-state index in [0.29, 0.717) is 23.5 Å². The molecule has 25 heavy (non-hydrogen) atoms. The van der Waals surface area contributed by atoms with Gasteiger partial charge in [-0.15, -0.1) is 0 Å². The molecule has 0 spiro atoms. The molecule has 0 aliphatic rings. The largest absolute Gasteiger partial charge is 0.494 e. The molecule has 0 saturated heterocycles. The molecule has 136 valence electrons. The van der Waals surface area contributed by atoms with Gasteiger partial charge in [-0.3, -0.25) is 4.79 Å². The highest BCUT2D eigenvalue weighted by Gasteiger charge is 2.20. The fourth-order valence-electron chi connectivity index (χ4n) is 2.67. The van der Waals surface area contributed by atoms with Gasteiger partial charge in [-0.05, 0) is 45.4 Å². The number of esters is 1. The molecule has 2 aromatic rings. The SMILES string of the molecule is CCCC(C)NC(=O)COC(=O)c1oc2ccc(OCC)cc2c1C. The molecule has 1 aromatic heterocycles. The molecule has 0 saturated carbocycles. The second-order valence-electron chi connectivity index (χ2n) is 5.98. The fraction of sp³-hybridized carbons (Fsp3) is 0.474. The summed E-state index contributed by atoms with van der Waals surface area (Å²) in [5, 5.41) is 3.58. The number of carbonyl (C=O) groups is 2. The molecule has 2 rings (SSSR count). The van der Waals surface area contributed by atoms with Crippen molar-refractivity contribution in [2.24, 2.45) is 0 Å². The Kier molecular flexibility index (Phi) is 6.44. The van der Waals surface area contributed by atoms with Crippen LogP contribution < -0.4 is 10.1 Å². The van der Waals surface area contributed by atoms with Crippen molar-refractivity contribution in [1.82, 2.24) is 5.32 Å². The Bertz CT molecular complexity index is 750. The molecule has 1 N–H and O–H groups in total. The van der Waals surface area contributed by atoms with E-state index in [1.165, 1.54) is 0 Å². The molecule has 0 aliphatic heterocycles. The van der Waals surface area contributed by atoms with Crippen LogP contribution in [-0.4, -0.2) is 31.1 Å². The summed E-state index contributed by atoms with van der Waals surface area (Å²) in [6, 6.07) is 5.42. The summed E-state index contributed by atoms with van der Waals surface area (Å²) in [7, 11) is 0. The molecule has 1 heterocycles. The van der Waals surface area contributed by atoms with E-state index in [1.54, 1.807) is 19.1 Å². The number of hydrogen-bond acceptors (Lipinski definition) is 5. The summed E-state index contributed by atoms with van der Waals surface area (Å²) in [5.74, 6) is -0.146. The lowest BCUT2D eigenvalue weighted by atomic mass is 10.1. The first-order chi connectivity index (χ1) is 12.0. The summed E-state index contributed by atoms with van der Waals surface area (Å²) in [4.78, 5) is 24.0. The standard InChI is InChI=1S/C19H25NO5/c1-5-7-12(3)20-17(21)11-24-19(22)18-13(4)15-10-14(23-6-2)8-9-16(15)25-18/h8-10,12H,5-7,11H2,1-4H3,(H,20,21). The average molecular weight is 347 g/mol. The molecule has 0 bridgehead atoms. The molecule has 6 heteroatoms. The zero-order valence-corrected chi connectivity index (χ0v) is 15.2. The van der Waals surface area contributed by atoms with Crippen LogP contribution in [0.5, 0.6) is 5.75 Å². The lowest BCUT2D eigenvalue weighted by molar-refractivity contribution is -0.124. The van der Waals surface area contributed by atoms with Gasteiger partial charge in [-0.1, -0.05) is 13.3 Å². The van der Waals surface area contributed by atoms with Crippen molar-refractivity contribution in [2.75, 3.05) is 13.2 Å². The van der Waals surface area contributed by atoms with Crippen LogP contribution in [0.4, 0.5) is 0 Å². The van der Waals surface area contributed by atoms with Crippen molar-refractivity contribution in [3.63, 3.8) is 0 Å². The van der Waals surface area contributed by atoms with E-state index in [0.717, 1.165) is 18.2 Å². The van der Waals surface area contributed by atoms with Crippen molar-refractivity contribution in [2.45, 2.75) is 46.6 Å². The number of carbonyl (C=O) groups excluding carboxylic acids is 2. The van der Waals surface area contributed by atoms with Crippen LogP contribution in [0.3, 0.4) is 0 Å². The second kappa shape index (κ2) is 8.55. The molecule has 0 aliphatic carbocycles. The van der Waals surface area contributed by atoms with Crippen LogP contribution in [0.2, 0.25) is 0 Å². The number of aryl methyl sites for hydroxylation is 1. The van der Waals surface area contributed by atoms with Gasteiger partial charge < -0.3 is 19.2 Å². The van der Waals surface area contributed by atoms with Crippen molar-refractivity contribution >= 4 is 22.8 Å². The van der Waals surface area contributed by atoms with Gasteiger partial charge in [-0.2, -0.15) is 0 Å². The number of furan rings is 1. The van der Waals surface area contributed by atoms with E-state index in [4.69, 9.17) is 13.9 Å². The van der Waals surface area contributed by atoms with Crippen LogP contribution in [0.25, 0.3) is 11.0 Å². The number of fused-ring (bicyclic) bond motifs is 1. The lowest BCUT2D eigenvalue weighted by Gasteiger charge is -2.12. The Morgan fingerprint density at radius 1 is 1.28 bits per heavy atom. The third-order valence-electron chi connectivity index (χ3n) is 3.87. The Hall–Kier alpha value is -2.50. The first kappa shape index (κ1) is 18.8. The summed E-state index contributed by atoms with van der Waals surface area (Å²) in [5.41, 5.74) is 1.25. The van der Waals surface area contributed by atoms with Gasteiger partial charge in [0.1, 0.15) is 11.3 Å². The van der Waals surface area contributed by atoms with Crippen LogP contribution in [0.1, 0.15) is 49.7 Å². The zero-order valence-electron chi connectivity index (χ0n) is 15.2. The number of amides is 1. The van der Waals surface area contributed by atoms with Gasteiger partial charge in [0.15, 0.2) is 6.61 Å². The predicted molar refractivity (Wildman–Crippen MR) is 94.9 cm³/mol. The maximum Gasteiger partial charge on any atom is 0.375 e. The van der Waals surface area contributed by atoms with Crippen LogP contribution >= 0.6 is 0 Å². The Morgan fingerprint density at radius 2 is 2.04 bits per heavy atom. The quantitative estimate of drug-likeness (QED) is 0.738. The smallest absolute Gasteiger partial charge is 0.375 e. The van der Waals surface area contributed by atoms with E-state index in [1.807, 2.05) is 26.8 Å². The average Bonchev–Trinajstić information content (AvgIpc) is 2.90. The van der Waals surface area contributed by atoms with Crippen molar-refractivity contribution < 1.29 is 23.5 Å². The summed E-state index contributed by atoms with van der Waals surface area (Å²) >= 11 is 0. The first-order valence-electron chi connectivity index (χ1n) is 8.58. The Morgan fingerprint density at radius 3 is 2.72 bits per heavy atom. The highest BCUT2D eigenvalue weighted by Crippen LogP contribution is 2.29. The molecule has 1 aromatic carbocycles. The maximum absolute atomic E-state index is 12.2. The topological polar surface area (TPSA) is 77.8 Å². The summed E-state index contributed by atoms with van der Waals surface area (Å²) in [6.07, 6.45) is 1.85. The van der Waals surface area contributed by atoms with Crippen LogP contribution in [0, 0.1) is 6.92 Å². The second-order valence-corrected chi connectivity index (χ2v) is 5.98. The molecule has 1 amide bonds. The van der Waals surface area contributed by atoms with Crippen molar-refractivity contribution in [1.29, 1.82) is 0 Å². The van der Waals surface area contributed by atoms with Gasteiger partial charge >= 0.3 is 5.97 Å². The molecular weight excluding hydrogens is 322 g/mol. The minimum absolute atomic E-state index is 0.0566. The van der Waals surface area contributed by atoms with Crippen LogP contribution in [0.15, 0.2) is 22.6 Å². The lowest BCUT2D eigenvalue weighted by Crippen LogP contribution is -2.35. The predicted octanol–water partition coefficient (Wildman–Crippen LogP) is 3.60. The molecule has 1 unspecified atom stereocenters. The Balaban J connectivity index is 2.04. The van der Waals surface area contributed by atoms with E-state index < -0.39 is 5.97 Å². The summed E-state index contributed by atoms with van der Waals surface area (Å²) in [6.45, 7) is 7.88. The third-order valence-corrected chi connectivity index (χ3v) is 3.87. The highest BCUT2D eigenvalue weighted by molar-refractivity contribution is 5.97. The van der Waals surface area contributed by atoms with E-state index >= 15 is 0 Å². The molecule has 0 radical (unpaired) electrons. The highest BCUT2D eigenvalue weighted by atomic mass is 16.5. The van der Waals surface area contributed by atoms with Gasteiger partial charge in [-0.25, -0.2) is 4.79 Å². The van der Waals surface area contributed by atoms with Crippen LogP contribution in [-0.2, 0) is 9.53 Å². The van der Waals surface area contributed by atoms with Crippen molar-refractivity contribution in [3.8, 4) is 5.75 Å². The number of benzene rings is 1. The number of nitrogens with one attached hydrogen (secondary N) is 1. The van der Waals surface area contributed by atoms with E-state index in [2.05, 4.69) is 5.32 Å². The fourth-order valence-corrected chi connectivity index (χ4v) is 2.67. The maximum atomic E-state index is 12.2. The number of ether oxygens (including phenoxy) is 2. The zero-order chi connectivity index (χ0) is 18.4.